The molecule has 0 aliphatic carbocycles. The summed E-state index contributed by atoms with van der Waals surface area (Å²) in [5.41, 5.74) is 2.54. The van der Waals surface area contributed by atoms with Gasteiger partial charge in [-0.3, -0.25) is 4.79 Å². The van der Waals surface area contributed by atoms with Crippen LogP contribution in [0, 0.1) is 12.3 Å². The molecule has 0 bridgehead atoms. The molecule has 3 nitrogen and oxygen atoms in total. The highest BCUT2D eigenvalue weighted by Gasteiger charge is 2.27. The summed E-state index contributed by atoms with van der Waals surface area (Å²) < 4.78 is 0. The van der Waals surface area contributed by atoms with E-state index < -0.39 is 0 Å². The number of terminal acetylenes is 1. The van der Waals surface area contributed by atoms with Crippen LogP contribution in [-0.2, 0) is 17.8 Å². The lowest BCUT2D eigenvalue weighted by Crippen LogP contribution is -2.49. The van der Waals surface area contributed by atoms with Crippen molar-refractivity contribution in [3.8, 4) is 12.3 Å². The van der Waals surface area contributed by atoms with Crippen molar-refractivity contribution in [1.29, 1.82) is 0 Å². The van der Waals surface area contributed by atoms with Crippen LogP contribution in [0.2, 0.25) is 0 Å². The zero-order chi connectivity index (χ0) is 13.7. The Hall–Kier alpha value is -1.79. The quantitative estimate of drug-likeness (QED) is 0.829. The molecular weight excluding hydrogens is 236 g/mol. The summed E-state index contributed by atoms with van der Waals surface area (Å²) in [4.78, 5) is 14.2. The number of hydrogen-bond donors (Lipinski definition) is 1. The minimum absolute atomic E-state index is 0.120. The minimum Gasteiger partial charge on any atom is -0.330 e. The maximum Gasteiger partial charge on any atom is 0.240 e. The average molecular weight is 256 g/mol. The van der Waals surface area contributed by atoms with Crippen molar-refractivity contribution in [2.75, 3.05) is 13.1 Å². The largest absolute Gasteiger partial charge is 0.330 e. The molecule has 2 rings (SSSR count). The molecule has 0 saturated carbocycles. The van der Waals surface area contributed by atoms with Gasteiger partial charge in [-0.15, -0.1) is 6.42 Å². The van der Waals surface area contributed by atoms with Gasteiger partial charge in [0.1, 0.15) is 0 Å². The molecule has 1 heterocycles. The first-order chi connectivity index (χ1) is 9.26. The van der Waals surface area contributed by atoms with Gasteiger partial charge in [0.15, 0.2) is 0 Å². The first kappa shape index (κ1) is 13.6. The summed E-state index contributed by atoms with van der Waals surface area (Å²) in [6, 6.07) is 8.12. The van der Waals surface area contributed by atoms with Gasteiger partial charge in [-0.25, -0.2) is 0 Å². The molecule has 0 radical (unpaired) electrons. The Morgan fingerprint density at radius 2 is 2.21 bits per heavy atom. The highest BCUT2D eigenvalue weighted by atomic mass is 16.2. The maximum atomic E-state index is 12.5. The molecule has 0 saturated heterocycles. The molecule has 1 aromatic carbocycles. The molecule has 0 aromatic heterocycles. The van der Waals surface area contributed by atoms with Gasteiger partial charge in [0.05, 0.1) is 12.6 Å². The Kier molecular flexibility index (Phi) is 4.59. The number of carbonyl (C=O) groups is 1. The van der Waals surface area contributed by atoms with Gasteiger partial charge < -0.3 is 10.2 Å². The fraction of sp³-hybridized carbons (Fsp3) is 0.438. The Bertz CT molecular complexity index is 490. The lowest BCUT2D eigenvalue weighted by molar-refractivity contribution is -0.133. The van der Waals surface area contributed by atoms with Crippen molar-refractivity contribution in [1.82, 2.24) is 10.2 Å². The summed E-state index contributed by atoms with van der Waals surface area (Å²) in [6.45, 7) is 3.93. The Balaban J connectivity index is 2.07. The predicted octanol–water partition coefficient (Wildman–Crippen LogP) is 1.57. The van der Waals surface area contributed by atoms with Crippen molar-refractivity contribution in [2.24, 2.45) is 0 Å². The topological polar surface area (TPSA) is 32.3 Å². The van der Waals surface area contributed by atoms with Crippen LogP contribution < -0.4 is 5.32 Å². The van der Waals surface area contributed by atoms with Crippen LogP contribution in [0.1, 0.15) is 24.5 Å². The molecular formula is C16H20N2O. The van der Waals surface area contributed by atoms with Crippen LogP contribution in [0.25, 0.3) is 0 Å². The van der Waals surface area contributed by atoms with Crippen LogP contribution in [0.4, 0.5) is 0 Å². The minimum atomic E-state index is -0.144. The molecule has 100 valence electrons. The number of amides is 1. The third-order valence-corrected chi connectivity index (χ3v) is 3.47. The standard InChI is InChI=1S/C16H20N2O/c1-3-9-18(10-4-2)16(19)15-11-13-7-5-6-8-14(13)12-17-15/h1,5-8,15,17H,4,9-12H2,2H3/t15-/m1/s1. The molecule has 3 heteroatoms. The number of fused-ring (bicyclic) bond motifs is 1. The summed E-state index contributed by atoms with van der Waals surface area (Å²) in [5, 5.41) is 3.31. The van der Waals surface area contributed by atoms with E-state index in [2.05, 4.69) is 30.3 Å². The van der Waals surface area contributed by atoms with E-state index in [9.17, 15) is 4.79 Å². The monoisotopic (exact) mass is 256 g/mol. The molecule has 19 heavy (non-hydrogen) atoms. The second kappa shape index (κ2) is 6.40. The zero-order valence-corrected chi connectivity index (χ0v) is 11.4. The van der Waals surface area contributed by atoms with Gasteiger partial charge in [0.25, 0.3) is 0 Å². The van der Waals surface area contributed by atoms with E-state index in [4.69, 9.17) is 6.42 Å². The number of nitrogens with one attached hydrogen (secondary N) is 1. The van der Waals surface area contributed by atoms with Gasteiger partial charge in [-0.2, -0.15) is 0 Å². The van der Waals surface area contributed by atoms with Crippen molar-refractivity contribution in [3.05, 3.63) is 35.4 Å². The number of rotatable bonds is 4. The summed E-state index contributed by atoms with van der Waals surface area (Å²) in [6.07, 6.45) is 7.02. The fourth-order valence-electron chi connectivity index (χ4n) is 2.50. The van der Waals surface area contributed by atoms with Crippen LogP contribution in [0.15, 0.2) is 24.3 Å². The third-order valence-electron chi connectivity index (χ3n) is 3.47. The lowest BCUT2D eigenvalue weighted by Gasteiger charge is -2.30. The second-order valence-electron chi connectivity index (χ2n) is 4.87. The highest BCUT2D eigenvalue weighted by molar-refractivity contribution is 5.82. The summed E-state index contributed by atoms with van der Waals surface area (Å²) >= 11 is 0. The van der Waals surface area contributed by atoms with Crippen LogP contribution in [0.5, 0.6) is 0 Å². The lowest BCUT2D eigenvalue weighted by atomic mass is 9.95. The fourth-order valence-corrected chi connectivity index (χ4v) is 2.50. The normalized spacial score (nSPS) is 17.4. The van der Waals surface area contributed by atoms with E-state index in [1.807, 2.05) is 12.1 Å². The summed E-state index contributed by atoms with van der Waals surface area (Å²) in [5.74, 6) is 2.69. The predicted molar refractivity (Wildman–Crippen MR) is 76.5 cm³/mol. The van der Waals surface area contributed by atoms with Gasteiger partial charge in [0.2, 0.25) is 5.91 Å². The third kappa shape index (κ3) is 3.15. The molecule has 0 spiro atoms. The Labute approximate surface area is 115 Å². The first-order valence-electron chi connectivity index (χ1n) is 6.78. The first-order valence-corrected chi connectivity index (χ1v) is 6.78. The number of benzene rings is 1. The van der Waals surface area contributed by atoms with E-state index in [1.165, 1.54) is 11.1 Å². The van der Waals surface area contributed by atoms with E-state index in [1.54, 1.807) is 4.90 Å². The van der Waals surface area contributed by atoms with Crippen molar-refractivity contribution in [2.45, 2.75) is 32.4 Å². The molecule has 1 aliphatic rings. The van der Waals surface area contributed by atoms with E-state index in [-0.39, 0.29) is 11.9 Å². The molecule has 1 atom stereocenters. The van der Waals surface area contributed by atoms with Crippen molar-refractivity contribution in [3.63, 3.8) is 0 Å². The zero-order valence-electron chi connectivity index (χ0n) is 11.4. The molecule has 1 N–H and O–H groups in total. The SMILES string of the molecule is C#CCN(CCC)C(=O)[C@H]1Cc2ccccc2CN1. The van der Waals surface area contributed by atoms with Gasteiger partial charge in [0, 0.05) is 13.1 Å². The van der Waals surface area contributed by atoms with E-state index in [0.29, 0.717) is 6.54 Å². The number of nitrogens with zero attached hydrogens (tertiary/aromatic N) is 1. The Morgan fingerprint density at radius 1 is 1.47 bits per heavy atom. The number of carbonyl (C=O) groups excluding carboxylic acids is 1. The molecule has 1 amide bonds. The van der Waals surface area contributed by atoms with Gasteiger partial charge in [-0.05, 0) is 24.0 Å². The molecule has 0 fully saturated rings. The number of hydrogen-bond acceptors (Lipinski definition) is 2. The average Bonchev–Trinajstić information content (AvgIpc) is 2.46. The van der Waals surface area contributed by atoms with Crippen LogP contribution in [0.3, 0.4) is 0 Å². The molecule has 0 unspecified atom stereocenters. The highest BCUT2D eigenvalue weighted by Crippen LogP contribution is 2.17. The Morgan fingerprint density at radius 3 is 2.89 bits per heavy atom. The second-order valence-corrected chi connectivity index (χ2v) is 4.87. The summed E-state index contributed by atoms with van der Waals surface area (Å²) in [7, 11) is 0. The van der Waals surface area contributed by atoms with E-state index in [0.717, 1.165) is 25.9 Å². The maximum absolute atomic E-state index is 12.5. The van der Waals surface area contributed by atoms with Crippen molar-refractivity contribution >= 4 is 5.91 Å². The van der Waals surface area contributed by atoms with E-state index >= 15 is 0 Å². The van der Waals surface area contributed by atoms with Crippen molar-refractivity contribution < 1.29 is 4.79 Å². The van der Waals surface area contributed by atoms with Crippen LogP contribution in [-0.4, -0.2) is 29.9 Å². The molecule has 1 aromatic rings. The smallest absolute Gasteiger partial charge is 0.240 e. The molecule has 1 aliphatic heterocycles. The van der Waals surface area contributed by atoms with Gasteiger partial charge in [-0.1, -0.05) is 37.1 Å². The van der Waals surface area contributed by atoms with Crippen LogP contribution >= 0.6 is 0 Å². The van der Waals surface area contributed by atoms with Gasteiger partial charge >= 0.3 is 0 Å².